The summed E-state index contributed by atoms with van der Waals surface area (Å²) >= 11 is 0. The van der Waals surface area contributed by atoms with Crippen LogP contribution in [0.2, 0.25) is 0 Å². The van der Waals surface area contributed by atoms with Crippen LogP contribution in [0.3, 0.4) is 0 Å². The van der Waals surface area contributed by atoms with Crippen LogP contribution in [0, 0.1) is 11.7 Å². The average molecular weight is 474 g/mol. The topological polar surface area (TPSA) is 104 Å². The van der Waals surface area contributed by atoms with Crippen LogP contribution in [0.15, 0.2) is 76.1 Å². The summed E-state index contributed by atoms with van der Waals surface area (Å²) in [4.78, 5) is 52.4. The number of aromatic amines is 1. The van der Waals surface area contributed by atoms with Crippen molar-refractivity contribution in [2.24, 2.45) is 5.92 Å². The van der Waals surface area contributed by atoms with E-state index in [2.05, 4.69) is 10.4 Å². The third kappa shape index (κ3) is 4.44. The molecule has 2 aromatic carbocycles. The van der Waals surface area contributed by atoms with E-state index < -0.39 is 17.1 Å². The van der Waals surface area contributed by atoms with Crippen LogP contribution >= 0.6 is 0 Å². The Labute approximate surface area is 199 Å². The van der Waals surface area contributed by atoms with Gasteiger partial charge in [0.2, 0.25) is 0 Å². The molecule has 0 saturated heterocycles. The van der Waals surface area contributed by atoms with Crippen molar-refractivity contribution in [3.05, 3.63) is 104 Å². The van der Waals surface area contributed by atoms with Gasteiger partial charge in [-0.2, -0.15) is 0 Å². The van der Waals surface area contributed by atoms with Crippen LogP contribution < -0.4 is 16.7 Å². The third-order valence-electron chi connectivity index (χ3n) is 6.47. The van der Waals surface area contributed by atoms with Gasteiger partial charge in [0.15, 0.2) is 5.78 Å². The summed E-state index contributed by atoms with van der Waals surface area (Å²) < 4.78 is 15.1. The Morgan fingerprint density at radius 2 is 1.86 bits per heavy atom. The molecule has 1 saturated carbocycles. The summed E-state index contributed by atoms with van der Waals surface area (Å²) in [7, 11) is 0. The highest BCUT2D eigenvalue weighted by Gasteiger charge is 2.26. The number of nitrogens with one attached hydrogen (secondary N) is 2. The Morgan fingerprint density at radius 1 is 1.06 bits per heavy atom. The number of amides is 1. The Hall–Kier alpha value is -4.27. The number of hydrazine groups is 1. The predicted molar refractivity (Wildman–Crippen MR) is 128 cm³/mol. The van der Waals surface area contributed by atoms with E-state index in [0.717, 1.165) is 37.8 Å². The van der Waals surface area contributed by atoms with E-state index in [0.29, 0.717) is 16.7 Å². The van der Waals surface area contributed by atoms with Crippen LogP contribution in [-0.4, -0.2) is 26.3 Å². The summed E-state index contributed by atoms with van der Waals surface area (Å²) in [6.45, 7) is 0.0277. The van der Waals surface area contributed by atoms with Gasteiger partial charge in [-0.25, -0.2) is 14.2 Å². The molecule has 8 nitrogen and oxygen atoms in total. The van der Waals surface area contributed by atoms with E-state index in [1.807, 2.05) is 0 Å². The highest BCUT2D eigenvalue weighted by atomic mass is 19.1. The van der Waals surface area contributed by atoms with Crippen LogP contribution in [0.1, 0.15) is 41.6 Å². The molecule has 1 amide bonds. The summed E-state index contributed by atoms with van der Waals surface area (Å²) in [5, 5.41) is 1.47. The number of allylic oxidation sites excluding steroid dienone is 2. The molecular weight excluding hydrogens is 451 g/mol. The lowest BCUT2D eigenvalue weighted by Crippen LogP contribution is -2.38. The molecular formula is C26H23FN4O4. The molecule has 1 aromatic heterocycles. The zero-order chi connectivity index (χ0) is 24.5. The molecule has 1 fully saturated rings. The molecule has 1 aliphatic carbocycles. The second-order valence-corrected chi connectivity index (χ2v) is 8.77. The van der Waals surface area contributed by atoms with Crippen molar-refractivity contribution in [1.82, 2.24) is 20.0 Å². The Balaban J connectivity index is 1.36. The van der Waals surface area contributed by atoms with Crippen molar-refractivity contribution in [1.29, 1.82) is 0 Å². The van der Waals surface area contributed by atoms with Crippen LogP contribution in [-0.2, 0) is 11.3 Å². The van der Waals surface area contributed by atoms with Gasteiger partial charge in [0, 0.05) is 29.5 Å². The lowest BCUT2D eigenvalue weighted by Gasteiger charge is -2.23. The molecule has 2 N–H and O–H groups in total. The fourth-order valence-corrected chi connectivity index (χ4v) is 4.63. The molecule has 3 aromatic rings. The minimum atomic E-state index is -0.671. The van der Waals surface area contributed by atoms with Crippen LogP contribution in [0.4, 0.5) is 4.39 Å². The van der Waals surface area contributed by atoms with Gasteiger partial charge in [-0.1, -0.05) is 25.0 Å². The van der Waals surface area contributed by atoms with Crippen molar-refractivity contribution < 1.29 is 14.0 Å². The number of H-pyrrole nitrogens is 1. The fraction of sp³-hybridized carbons (Fsp3) is 0.231. The minimum Gasteiger partial charge on any atom is -0.298 e. The van der Waals surface area contributed by atoms with Gasteiger partial charge in [0.25, 0.3) is 11.5 Å². The summed E-state index contributed by atoms with van der Waals surface area (Å²) in [5.74, 6) is -0.777. The number of carbonyl (C=O) groups excluding carboxylic acids is 2. The van der Waals surface area contributed by atoms with Gasteiger partial charge in [0.1, 0.15) is 5.82 Å². The highest BCUT2D eigenvalue weighted by molar-refractivity contribution is 6.01. The Kier molecular flexibility index (Phi) is 5.90. The normalized spacial score (nSPS) is 15.8. The first-order valence-corrected chi connectivity index (χ1v) is 11.4. The number of hydrogen-bond donors (Lipinski definition) is 2. The maximum Gasteiger partial charge on any atom is 0.329 e. The average Bonchev–Trinajstić information content (AvgIpc) is 3.41. The smallest absolute Gasteiger partial charge is 0.298 e. The SMILES string of the molecule is O=C(C1=CNN(C(=O)c2cccc(Cn3c(=O)[nH]c(=O)c4ccc(F)cc43)c2)C=C1)C1CCCC1. The molecule has 178 valence electrons. The number of rotatable bonds is 5. The number of nitrogens with zero attached hydrogens (tertiary/aromatic N) is 2. The van der Waals surface area contributed by atoms with Gasteiger partial charge in [-0.05, 0) is 54.8 Å². The first-order valence-electron chi connectivity index (χ1n) is 11.4. The number of carbonyl (C=O) groups is 2. The molecule has 9 heteroatoms. The standard InChI is InChI=1S/C26H23FN4O4/c27-20-8-9-21-22(13-20)30(26(35)29-24(21)33)15-16-4-3-7-18(12-16)25(34)31-11-10-19(14-28-31)23(32)17-5-1-2-6-17/h3-4,7-14,17,28H,1-2,5-6,15H2,(H,29,33,35). The van der Waals surface area contributed by atoms with E-state index in [4.69, 9.17) is 0 Å². The van der Waals surface area contributed by atoms with E-state index in [-0.39, 0.29) is 35.1 Å². The van der Waals surface area contributed by atoms with Gasteiger partial charge in [-0.15, -0.1) is 0 Å². The second-order valence-electron chi connectivity index (χ2n) is 8.77. The van der Waals surface area contributed by atoms with E-state index in [1.165, 1.54) is 21.8 Å². The summed E-state index contributed by atoms with van der Waals surface area (Å²) in [6, 6.07) is 10.3. The molecule has 2 heterocycles. The number of fused-ring (bicyclic) bond motifs is 1. The van der Waals surface area contributed by atoms with Crippen molar-refractivity contribution in [3.63, 3.8) is 0 Å². The molecule has 0 atom stereocenters. The molecule has 1 aliphatic heterocycles. The zero-order valence-corrected chi connectivity index (χ0v) is 18.8. The van der Waals surface area contributed by atoms with E-state index in [9.17, 15) is 23.6 Å². The van der Waals surface area contributed by atoms with Gasteiger partial charge in [-0.3, -0.25) is 29.4 Å². The maximum atomic E-state index is 13.8. The van der Waals surface area contributed by atoms with Gasteiger partial charge < -0.3 is 0 Å². The monoisotopic (exact) mass is 474 g/mol. The third-order valence-corrected chi connectivity index (χ3v) is 6.47. The largest absolute Gasteiger partial charge is 0.329 e. The lowest BCUT2D eigenvalue weighted by molar-refractivity contribution is -0.118. The molecule has 0 unspecified atom stereocenters. The lowest BCUT2D eigenvalue weighted by atomic mass is 9.96. The first-order chi connectivity index (χ1) is 16.9. The number of benzene rings is 2. The Bertz CT molecular complexity index is 1510. The van der Waals surface area contributed by atoms with Gasteiger partial charge >= 0.3 is 5.69 Å². The van der Waals surface area contributed by atoms with Crippen LogP contribution in [0.5, 0.6) is 0 Å². The zero-order valence-electron chi connectivity index (χ0n) is 18.8. The van der Waals surface area contributed by atoms with Crippen molar-refractivity contribution >= 4 is 22.6 Å². The van der Waals surface area contributed by atoms with E-state index >= 15 is 0 Å². The molecule has 2 aliphatic rings. The number of hydrogen-bond acceptors (Lipinski definition) is 5. The van der Waals surface area contributed by atoms with Crippen molar-refractivity contribution in [3.8, 4) is 0 Å². The molecule has 0 radical (unpaired) electrons. The first kappa shape index (κ1) is 22.5. The van der Waals surface area contributed by atoms with Crippen molar-refractivity contribution in [2.45, 2.75) is 32.2 Å². The number of Topliss-reactive ketones (excluding diaryl/α,β-unsaturated/α-hetero) is 1. The second kappa shape index (κ2) is 9.17. The molecule has 0 bridgehead atoms. The van der Waals surface area contributed by atoms with Crippen molar-refractivity contribution in [2.75, 3.05) is 0 Å². The summed E-state index contributed by atoms with van der Waals surface area (Å²) in [6.07, 6.45) is 8.65. The molecule has 5 rings (SSSR count). The van der Waals surface area contributed by atoms with Crippen LogP contribution in [0.25, 0.3) is 10.9 Å². The maximum absolute atomic E-state index is 13.8. The minimum absolute atomic E-state index is 0.0277. The number of ketones is 1. The quantitative estimate of drug-likeness (QED) is 0.592. The molecule has 35 heavy (non-hydrogen) atoms. The predicted octanol–water partition coefficient (Wildman–Crippen LogP) is 2.99. The fourth-order valence-electron chi connectivity index (χ4n) is 4.63. The highest BCUT2D eigenvalue weighted by Crippen LogP contribution is 2.28. The summed E-state index contributed by atoms with van der Waals surface area (Å²) in [5.41, 5.74) is 3.29. The molecule has 0 spiro atoms. The Morgan fingerprint density at radius 3 is 2.60 bits per heavy atom. The number of aromatic nitrogens is 2. The van der Waals surface area contributed by atoms with Gasteiger partial charge in [0.05, 0.1) is 17.4 Å². The number of halogens is 1. The van der Waals surface area contributed by atoms with E-state index in [1.54, 1.807) is 36.5 Å².